The molecule has 0 aromatic heterocycles. The third-order valence-corrected chi connectivity index (χ3v) is 5.04. The van der Waals surface area contributed by atoms with Crippen LogP contribution in [0.1, 0.15) is 19.3 Å². The number of carbonyl (C=O) groups excluding carboxylic acids is 1. The zero-order chi connectivity index (χ0) is 19.1. The van der Waals surface area contributed by atoms with Gasteiger partial charge in [-0.2, -0.15) is 0 Å². The summed E-state index contributed by atoms with van der Waals surface area (Å²) < 4.78 is 5.68. The van der Waals surface area contributed by atoms with Crippen molar-refractivity contribution in [2.24, 2.45) is 4.99 Å². The summed E-state index contributed by atoms with van der Waals surface area (Å²) in [6.45, 7) is 3.63. The number of ether oxygens (including phenoxy) is 1. The molecule has 2 aliphatic heterocycles. The van der Waals surface area contributed by atoms with Crippen LogP contribution in [0.4, 0.5) is 5.69 Å². The van der Waals surface area contributed by atoms with Crippen molar-refractivity contribution >= 4 is 41.5 Å². The maximum Gasteiger partial charge on any atom is 0.243 e. The van der Waals surface area contributed by atoms with Crippen LogP contribution >= 0.6 is 24.0 Å². The Morgan fingerprint density at radius 2 is 2.07 bits per heavy atom. The molecule has 2 N–H and O–H groups in total. The normalized spacial score (nSPS) is 21.9. The molecule has 0 saturated carbocycles. The van der Waals surface area contributed by atoms with E-state index in [0.717, 1.165) is 45.5 Å². The second kappa shape index (κ2) is 11.5. The van der Waals surface area contributed by atoms with Crippen LogP contribution in [0.2, 0.25) is 0 Å². The summed E-state index contributed by atoms with van der Waals surface area (Å²) in [7, 11) is 3.50. The van der Waals surface area contributed by atoms with E-state index < -0.39 is 0 Å². The summed E-state index contributed by atoms with van der Waals surface area (Å²) in [4.78, 5) is 20.3. The summed E-state index contributed by atoms with van der Waals surface area (Å²) in [5.41, 5.74) is 1.25. The predicted molar refractivity (Wildman–Crippen MR) is 124 cm³/mol. The number of guanidine groups is 1. The standard InChI is InChI=1S/C20H31N5O2.HI/c1-24(2)19(26)14-22-20(21-13-18-9-6-12-27-18)23-16-10-11-25(15-16)17-7-4-3-5-8-17;/h3-5,7-8,16,18H,6,9-15H2,1-2H3,(H2,21,22,23);1H. The molecule has 1 aromatic carbocycles. The highest BCUT2D eigenvalue weighted by atomic mass is 127. The van der Waals surface area contributed by atoms with Gasteiger partial charge >= 0.3 is 0 Å². The average molecular weight is 501 g/mol. The first-order valence-electron chi connectivity index (χ1n) is 9.78. The topological polar surface area (TPSA) is 69.2 Å². The van der Waals surface area contributed by atoms with Crippen LogP contribution in [0.5, 0.6) is 0 Å². The van der Waals surface area contributed by atoms with Gasteiger partial charge in [-0.15, -0.1) is 24.0 Å². The molecule has 2 aliphatic rings. The fourth-order valence-electron chi connectivity index (χ4n) is 3.40. The lowest BCUT2D eigenvalue weighted by Gasteiger charge is -2.21. The van der Waals surface area contributed by atoms with Gasteiger partial charge in [0.05, 0.1) is 6.10 Å². The third-order valence-electron chi connectivity index (χ3n) is 5.04. The van der Waals surface area contributed by atoms with E-state index in [1.165, 1.54) is 5.69 Å². The van der Waals surface area contributed by atoms with Gasteiger partial charge in [-0.05, 0) is 31.4 Å². The van der Waals surface area contributed by atoms with Gasteiger partial charge in [-0.3, -0.25) is 4.79 Å². The molecular formula is C20H32IN5O2. The number of hydrogen-bond donors (Lipinski definition) is 2. The molecule has 1 aromatic rings. The second-order valence-electron chi connectivity index (χ2n) is 7.38. The van der Waals surface area contributed by atoms with Gasteiger partial charge < -0.3 is 25.2 Å². The SMILES string of the molecule is CN(C)C(=O)CN=C(NCC1CCCO1)NC1CCN(c2ccccc2)C1.I. The van der Waals surface area contributed by atoms with Crippen molar-refractivity contribution in [1.29, 1.82) is 0 Å². The van der Waals surface area contributed by atoms with Crippen molar-refractivity contribution in [3.8, 4) is 0 Å². The molecule has 7 nitrogen and oxygen atoms in total. The molecule has 2 saturated heterocycles. The number of anilines is 1. The molecule has 0 aliphatic carbocycles. The Labute approximate surface area is 184 Å². The van der Waals surface area contributed by atoms with Crippen LogP contribution in [0, 0.1) is 0 Å². The number of amides is 1. The van der Waals surface area contributed by atoms with E-state index in [4.69, 9.17) is 4.74 Å². The highest BCUT2D eigenvalue weighted by molar-refractivity contribution is 14.0. The Balaban J connectivity index is 0.00000280. The number of nitrogens with zero attached hydrogens (tertiary/aromatic N) is 3. The van der Waals surface area contributed by atoms with Gasteiger partial charge in [0.1, 0.15) is 6.54 Å². The molecule has 0 bridgehead atoms. The highest BCUT2D eigenvalue weighted by Crippen LogP contribution is 2.19. The van der Waals surface area contributed by atoms with Crippen molar-refractivity contribution in [3.05, 3.63) is 30.3 Å². The molecule has 2 fully saturated rings. The van der Waals surface area contributed by atoms with Crippen LogP contribution in [0.15, 0.2) is 35.3 Å². The first kappa shape index (κ1) is 22.7. The van der Waals surface area contributed by atoms with Crippen LogP contribution < -0.4 is 15.5 Å². The Kier molecular flexibility index (Phi) is 9.30. The molecule has 2 heterocycles. The number of likely N-dealkylation sites (N-methyl/N-ethyl adjacent to an activating group) is 1. The molecule has 28 heavy (non-hydrogen) atoms. The van der Waals surface area contributed by atoms with E-state index in [1.54, 1.807) is 19.0 Å². The van der Waals surface area contributed by atoms with Crippen molar-refractivity contribution in [1.82, 2.24) is 15.5 Å². The van der Waals surface area contributed by atoms with Gasteiger partial charge in [0, 0.05) is 52.1 Å². The molecule has 2 unspecified atom stereocenters. The van der Waals surface area contributed by atoms with E-state index >= 15 is 0 Å². The molecule has 8 heteroatoms. The summed E-state index contributed by atoms with van der Waals surface area (Å²) in [6.07, 6.45) is 3.45. The lowest BCUT2D eigenvalue weighted by molar-refractivity contribution is -0.127. The number of benzene rings is 1. The number of carbonyl (C=O) groups is 1. The lowest BCUT2D eigenvalue weighted by Crippen LogP contribution is -2.47. The van der Waals surface area contributed by atoms with E-state index in [-0.39, 0.29) is 42.5 Å². The van der Waals surface area contributed by atoms with Gasteiger partial charge in [0.25, 0.3) is 0 Å². The van der Waals surface area contributed by atoms with Crippen LogP contribution in [0.25, 0.3) is 0 Å². The summed E-state index contributed by atoms with van der Waals surface area (Å²) >= 11 is 0. The maximum absolute atomic E-state index is 11.9. The Morgan fingerprint density at radius 1 is 1.29 bits per heavy atom. The largest absolute Gasteiger partial charge is 0.376 e. The van der Waals surface area contributed by atoms with Gasteiger partial charge in [-0.1, -0.05) is 18.2 Å². The van der Waals surface area contributed by atoms with Crippen LogP contribution in [-0.2, 0) is 9.53 Å². The number of nitrogens with one attached hydrogen (secondary N) is 2. The quantitative estimate of drug-likeness (QED) is 0.353. The van der Waals surface area contributed by atoms with E-state index in [2.05, 4.69) is 44.8 Å². The monoisotopic (exact) mass is 501 g/mol. The molecule has 156 valence electrons. The molecule has 0 radical (unpaired) electrons. The van der Waals surface area contributed by atoms with Crippen LogP contribution in [0.3, 0.4) is 0 Å². The minimum atomic E-state index is -0.00875. The van der Waals surface area contributed by atoms with Gasteiger partial charge in [0.2, 0.25) is 5.91 Å². The van der Waals surface area contributed by atoms with Crippen molar-refractivity contribution in [2.75, 3.05) is 51.8 Å². The number of hydrogen-bond acceptors (Lipinski definition) is 4. The number of para-hydroxylation sites is 1. The zero-order valence-corrected chi connectivity index (χ0v) is 19.1. The average Bonchev–Trinajstić information content (AvgIpc) is 3.36. The van der Waals surface area contributed by atoms with Gasteiger partial charge in [-0.25, -0.2) is 4.99 Å². The third kappa shape index (κ3) is 6.80. The first-order chi connectivity index (χ1) is 13.1. The maximum atomic E-state index is 11.9. The summed E-state index contributed by atoms with van der Waals surface area (Å²) in [5, 5.41) is 6.87. The van der Waals surface area contributed by atoms with E-state index in [9.17, 15) is 4.79 Å². The molecule has 2 atom stereocenters. The van der Waals surface area contributed by atoms with E-state index in [0.29, 0.717) is 12.0 Å². The van der Waals surface area contributed by atoms with Crippen molar-refractivity contribution < 1.29 is 9.53 Å². The Morgan fingerprint density at radius 3 is 2.75 bits per heavy atom. The summed E-state index contributed by atoms with van der Waals surface area (Å²) in [6, 6.07) is 10.8. The molecule has 0 spiro atoms. The molecular weight excluding hydrogens is 469 g/mol. The van der Waals surface area contributed by atoms with Crippen molar-refractivity contribution in [3.63, 3.8) is 0 Å². The van der Waals surface area contributed by atoms with E-state index in [1.807, 2.05) is 6.07 Å². The second-order valence-corrected chi connectivity index (χ2v) is 7.38. The smallest absolute Gasteiger partial charge is 0.243 e. The Bertz CT molecular complexity index is 635. The minimum Gasteiger partial charge on any atom is -0.376 e. The van der Waals surface area contributed by atoms with Gasteiger partial charge in [0.15, 0.2) is 5.96 Å². The zero-order valence-electron chi connectivity index (χ0n) is 16.8. The Hall–Kier alpha value is -1.55. The molecule has 3 rings (SSSR count). The van der Waals surface area contributed by atoms with Crippen molar-refractivity contribution in [2.45, 2.75) is 31.4 Å². The first-order valence-corrected chi connectivity index (χ1v) is 9.78. The fourth-order valence-corrected chi connectivity index (χ4v) is 3.40. The lowest BCUT2D eigenvalue weighted by atomic mass is 10.2. The molecule has 1 amide bonds. The predicted octanol–water partition coefficient (Wildman–Crippen LogP) is 1.69. The fraction of sp³-hybridized carbons (Fsp3) is 0.600. The number of halogens is 1. The highest BCUT2D eigenvalue weighted by Gasteiger charge is 2.24. The van der Waals surface area contributed by atoms with Crippen LogP contribution in [-0.4, -0.2) is 75.8 Å². The number of aliphatic imine (C=N–C) groups is 1. The number of rotatable bonds is 6. The summed E-state index contributed by atoms with van der Waals surface area (Å²) in [5.74, 6) is 0.686. The minimum absolute atomic E-state index is 0.